The van der Waals surface area contributed by atoms with Crippen molar-refractivity contribution in [2.75, 3.05) is 0 Å². The van der Waals surface area contributed by atoms with E-state index in [0.29, 0.717) is 0 Å². The standard InChI is InChI=1S/C12H13N3O/c16-12-14-10-8-4-6-2-1-3-7(6)5-9(8)11(13-10)15-12/h4-5,10-11,13H,1-3H2,(H2,14,15,16). The van der Waals surface area contributed by atoms with Crippen LogP contribution in [0.25, 0.3) is 0 Å². The fraction of sp³-hybridized carbons (Fsp3) is 0.417. The summed E-state index contributed by atoms with van der Waals surface area (Å²) >= 11 is 0. The highest BCUT2D eigenvalue weighted by Crippen LogP contribution is 2.36. The number of aryl methyl sites for hydroxylation is 2. The molecule has 1 fully saturated rings. The molecule has 2 amide bonds. The molecular formula is C12H13N3O. The Balaban J connectivity index is 1.89. The fourth-order valence-corrected chi connectivity index (χ4v) is 3.05. The summed E-state index contributed by atoms with van der Waals surface area (Å²) in [5, 5.41) is 9.13. The smallest absolute Gasteiger partial charge is 0.317 e. The van der Waals surface area contributed by atoms with Gasteiger partial charge in [0.25, 0.3) is 0 Å². The maximum atomic E-state index is 11.4. The van der Waals surface area contributed by atoms with Crippen LogP contribution in [0.1, 0.15) is 41.0 Å². The number of urea groups is 1. The van der Waals surface area contributed by atoms with Crippen molar-refractivity contribution in [3.8, 4) is 0 Å². The van der Waals surface area contributed by atoms with Gasteiger partial charge in [-0.3, -0.25) is 5.32 Å². The number of nitrogens with one attached hydrogen (secondary N) is 3. The zero-order valence-electron chi connectivity index (χ0n) is 8.84. The second kappa shape index (κ2) is 2.77. The van der Waals surface area contributed by atoms with Gasteiger partial charge in [-0.05, 0) is 41.5 Å². The monoisotopic (exact) mass is 215 g/mol. The first-order chi connectivity index (χ1) is 7.81. The summed E-state index contributed by atoms with van der Waals surface area (Å²) in [5.41, 5.74) is 5.40. The van der Waals surface area contributed by atoms with Gasteiger partial charge in [-0.2, -0.15) is 0 Å². The SMILES string of the molecule is O=C1NC2NC(N1)c1cc3c(cc12)CCC3. The lowest BCUT2D eigenvalue weighted by Crippen LogP contribution is -2.51. The summed E-state index contributed by atoms with van der Waals surface area (Å²) in [6, 6.07) is 4.45. The molecule has 3 N–H and O–H groups in total. The predicted molar refractivity (Wildman–Crippen MR) is 58.8 cm³/mol. The lowest BCUT2D eigenvalue weighted by molar-refractivity contribution is 0.215. The number of carbonyl (C=O) groups excluding carboxylic acids is 1. The average Bonchev–Trinajstić information content (AvgIpc) is 2.81. The Morgan fingerprint density at radius 3 is 2.12 bits per heavy atom. The number of amides is 2. The van der Waals surface area contributed by atoms with Crippen molar-refractivity contribution in [3.05, 3.63) is 34.4 Å². The molecule has 2 unspecified atom stereocenters. The van der Waals surface area contributed by atoms with Crippen molar-refractivity contribution >= 4 is 6.03 Å². The molecule has 16 heavy (non-hydrogen) atoms. The van der Waals surface area contributed by atoms with Crippen molar-refractivity contribution < 1.29 is 4.79 Å². The molecule has 1 aromatic rings. The quantitative estimate of drug-likeness (QED) is 0.606. The van der Waals surface area contributed by atoms with E-state index in [1.165, 1.54) is 41.5 Å². The van der Waals surface area contributed by atoms with Crippen molar-refractivity contribution in [1.82, 2.24) is 16.0 Å². The summed E-state index contributed by atoms with van der Waals surface area (Å²) in [5.74, 6) is 0. The van der Waals surface area contributed by atoms with Crippen molar-refractivity contribution in [2.45, 2.75) is 31.6 Å². The van der Waals surface area contributed by atoms with E-state index in [-0.39, 0.29) is 18.4 Å². The minimum atomic E-state index is -0.0786. The molecule has 2 heterocycles. The molecule has 0 aromatic heterocycles. The second-order valence-corrected chi connectivity index (χ2v) is 4.75. The Morgan fingerprint density at radius 2 is 1.56 bits per heavy atom. The maximum Gasteiger partial charge on any atom is 0.317 e. The molecule has 82 valence electrons. The zero-order valence-corrected chi connectivity index (χ0v) is 8.84. The number of benzene rings is 1. The topological polar surface area (TPSA) is 53.2 Å². The van der Waals surface area contributed by atoms with E-state index in [0.717, 1.165) is 0 Å². The molecule has 2 aliphatic heterocycles. The highest BCUT2D eigenvalue weighted by molar-refractivity contribution is 5.77. The van der Waals surface area contributed by atoms with Crippen molar-refractivity contribution in [3.63, 3.8) is 0 Å². The van der Waals surface area contributed by atoms with Crippen LogP contribution in [0.4, 0.5) is 4.79 Å². The molecule has 1 aromatic carbocycles. The summed E-state index contributed by atoms with van der Waals surface area (Å²) in [6.45, 7) is 0. The van der Waals surface area contributed by atoms with Gasteiger partial charge in [-0.25, -0.2) is 4.79 Å². The summed E-state index contributed by atoms with van der Waals surface area (Å²) in [6.07, 6.45) is 3.63. The van der Waals surface area contributed by atoms with Crippen LogP contribution in [0.5, 0.6) is 0 Å². The van der Waals surface area contributed by atoms with Crippen LogP contribution in [-0.4, -0.2) is 6.03 Å². The second-order valence-electron chi connectivity index (χ2n) is 4.75. The minimum Gasteiger partial charge on any atom is -0.318 e. The first kappa shape index (κ1) is 8.58. The van der Waals surface area contributed by atoms with Crippen molar-refractivity contribution in [1.29, 1.82) is 0 Å². The third-order valence-corrected chi connectivity index (χ3v) is 3.80. The van der Waals surface area contributed by atoms with Gasteiger partial charge in [0.2, 0.25) is 0 Å². The molecule has 4 nitrogen and oxygen atoms in total. The van der Waals surface area contributed by atoms with E-state index in [2.05, 4.69) is 28.1 Å². The molecular weight excluding hydrogens is 202 g/mol. The summed E-state index contributed by atoms with van der Waals surface area (Å²) in [7, 11) is 0. The van der Waals surface area contributed by atoms with Crippen molar-refractivity contribution in [2.24, 2.45) is 0 Å². The van der Waals surface area contributed by atoms with Crippen LogP contribution < -0.4 is 16.0 Å². The van der Waals surface area contributed by atoms with E-state index in [4.69, 9.17) is 0 Å². The number of fused-ring (bicyclic) bond motifs is 6. The highest BCUT2D eigenvalue weighted by Gasteiger charge is 2.37. The normalized spacial score (nSPS) is 29.4. The van der Waals surface area contributed by atoms with Gasteiger partial charge in [0.05, 0.1) is 0 Å². The Kier molecular flexibility index (Phi) is 1.48. The van der Waals surface area contributed by atoms with Crippen LogP contribution in [0, 0.1) is 0 Å². The Labute approximate surface area is 93.4 Å². The number of rotatable bonds is 0. The largest absolute Gasteiger partial charge is 0.318 e. The average molecular weight is 215 g/mol. The molecule has 2 atom stereocenters. The van der Waals surface area contributed by atoms with E-state index < -0.39 is 0 Å². The minimum absolute atomic E-state index is 0.000324. The molecule has 1 aliphatic carbocycles. The summed E-state index contributed by atoms with van der Waals surface area (Å²) in [4.78, 5) is 11.4. The highest BCUT2D eigenvalue weighted by atomic mass is 16.2. The molecule has 0 saturated carbocycles. The molecule has 4 heteroatoms. The Morgan fingerprint density at radius 1 is 1.00 bits per heavy atom. The van der Waals surface area contributed by atoms with Gasteiger partial charge >= 0.3 is 6.03 Å². The molecule has 0 radical (unpaired) electrons. The van der Waals surface area contributed by atoms with Crippen LogP contribution in [-0.2, 0) is 12.8 Å². The van der Waals surface area contributed by atoms with Gasteiger partial charge in [0.15, 0.2) is 0 Å². The van der Waals surface area contributed by atoms with Gasteiger partial charge in [0, 0.05) is 0 Å². The first-order valence-electron chi connectivity index (χ1n) is 5.80. The van der Waals surface area contributed by atoms with Gasteiger partial charge in [-0.15, -0.1) is 0 Å². The predicted octanol–water partition coefficient (Wildman–Crippen LogP) is 1.09. The maximum absolute atomic E-state index is 11.4. The lowest BCUT2D eigenvalue weighted by Gasteiger charge is -2.23. The van der Waals surface area contributed by atoms with Crippen LogP contribution in [0.2, 0.25) is 0 Å². The van der Waals surface area contributed by atoms with E-state index in [1.54, 1.807) is 0 Å². The van der Waals surface area contributed by atoms with Crippen LogP contribution >= 0.6 is 0 Å². The third-order valence-electron chi connectivity index (χ3n) is 3.80. The molecule has 3 aliphatic rings. The van der Waals surface area contributed by atoms with E-state index in [1.807, 2.05) is 0 Å². The summed E-state index contributed by atoms with van der Waals surface area (Å²) < 4.78 is 0. The van der Waals surface area contributed by atoms with Crippen LogP contribution in [0.15, 0.2) is 12.1 Å². The zero-order chi connectivity index (χ0) is 10.7. The molecule has 1 saturated heterocycles. The number of hydrogen-bond donors (Lipinski definition) is 3. The van der Waals surface area contributed by atoms with E-state index >= 15 is 0 Å². The van der Waals surface area contributed by atoms with Gasteiger partial charge in [0.1, 0.15) is 12.3 Å². The number of hydrogen-bond acceptors (Lipinski definition) is 2. The molecule has 4 rings (SSSR count). The Hall–Kier alpha value is -1.55. The van der Waals surface area contributed by atoms with Crippen LogP contribution in [0.3, 0.4) is 0 Å². The third kappa shape index (κ3) is 0.998. The van der Waals surface area contributed by atoms with Gasteiger partial charge in [-0.1, -0.05) is 12.1 Å². The number of carbonyl (C=O) groups is 1. The Bertz CT molecular complexity index is 456. The van der Waals surface area contributed by atoms with E-state index in [9.17, 15) is 4.79 Å². The van der Waals surface area contributed by atoms with Gasteiger partial charge < -0.3 is 10.6 Å². The molecule has 2 bridgehead atoms. The molecule has 0 spiro atoms. The fourth-order valence-electron chi connectivity index (χ4n) is 3.05. The first-order valence-corrected chi connectivity index (χ1v) is 5.80. The lowest BCUT2D eigenvalue weighted by atomic mass is 10.00.